The number of carbonyl (C=O) groups excluding carboxylic acids is 3. The van der Waals surface area contributed by atoms with E-state index in [0.717, 1.165) is 37.7 Å². The molecule has 0 bridgehead atoms. The zero-order chi connectivity index (χ0) is 26.1. The molecule has 1 saturated heterocycles. The van der Waals surface area contributed by atoms with Crippen molar-refractivity contribution in [2.24, 2.45) is 17.8 Å². The normalized spacial score (nSPS) is 20.8. The molecule has 3 rings (SSSR count). The first-order valence-electron chi connectivity index (χ1n) is 13.1. The van der Waals surface area contributed by atoms with Gasteiger partial charge >= 0.3 is 12.1 Å². The molecule has 0 radical (unpaired) electrons. The SMILES string of the molecule is CC(C)C(OC(=O)N[C@@H](CC1CCCCC1)C(=O)N[C@@H](C[C@@H]1CCNC1=O)C(=O)O)c1ccccc1. The Bertz CT molecular complexity index is 900. The Morgan fingerprint density at radius 2 is 1.69 bits per heavy atom. The standard InChI is InChI=1S/C27H39N3O6/c1-17(2)23(19-11-7-4-8-12-19)36-27(35)30-21(15-18-9-5-3-6-10-18)25(32)29-22(26(33)34)16-20-13-14-28-24(20)31/h4,7-8,11-12,17-18,20-23H,3,5-6,9-10,13-16H2,1-2H3,(H,28,31)(H,29,32)(H,30,35)(H,33,34)/t20-,21-,22-,23?/m0/s1. The molecule has 1 aliphatic heterocycles. The number of ether oxygens (including phenoxy) is 1. The number of aliphatic carboxylic acids is 1. The average molecular weight is 502 g/mol. The summed E-state index contributed by atoms with van der Waals surface area (Å²) in [6.45, 7) is 4.40. The number of nitrogens with one attached hydrogen (secondary N) is 3. The number of carboxylic acid groups (broad SMARTS) is 1. The minimum absolute atomic E-state index is 0.0108. The Morgan fingerprint density at radius 3 is 2.28 bits per heavy atom. The van der Waals surface area contributed by atoms with E-state index >= 15 is 0 Å². The first-order chi connectivity index (χ1) is 17.2. The van der Waals surface area contributed by atoms with Gasteiger partial charge < -0.3 is 25.8 Å². The molecule has 0 aromatic heterocycles. The van der Waals surface area contributed by atoms with Crippen LogP contribution in [0.3, 0.4) is 0 Å². The fourth-order valence-electron chi connectivity index (χ4n) is 5.16. The van der Waals surface area contributed by atoms with Gasteiger partial charge in [-0.2, -0.15) is 0 Å². The van der Waals surface area contributed by atoms with E-state index < -0.39 is 42.1 Å². The largest absolute Gasteiger partial charge is 0.480 e. The number of hydrogen-bond acceptors (Lipinski definition) is 5. The molecule has 4 atom stereocenters. The highest BCUT2D eigenvalue weighted by Gasteiger charge is 2.34. The summed E-state index contributed by atoms with van der Waals surface area (Å²) < 4.78 is 5.74. The predicted octanol–water partition coefficient (Wildman–Crippen LogP) is 3.54. The minimum atomic E-state index is -1.22. The Kier molecular flexibility index (Phi) is 10.1. The molecule has 0 spiro atoms. The van der Waals surface area contributed by atoms with Crippen molar-refractivity contribution in [2.75, 3.05) is 6.54 Å². The molecule has 9 heteroatoms. The number of carboxylic acids is 1. The first-order valence-corrected chi connectivity index (χ1v) is 13.1. The van der Waals surface area contributed by atoms with Crippen LogP contribution in [0.2, 0.25) is 0 Å². The fraction of sp³-hybridized carbons (Fsp3) is 0.630. The molecule has 3 amide bonds. The van der Waals surface area contributed by atoms with Crippen LogP contribution in [0, 0.1) is 17.8 Å². The maximum Gasteiger partial charge on any atom is 0.408 e. The van der Waals surface area contributed by atoms with E-state index in [4.69, 9.17) is 4.74 Å². The van der Waals surface area contributed by atoms with Crippen LogP contribution in [0.1, 0.15) is 76.9 Å². The van der Waals surface area contributed by atoms with Gasteiger partial charge in [-0.1, -0.05) is 76.3 Å². The van der Waals surface area contributed by atoms with Crippen LogP contribution < -0.4 is 16.0 Å². The van der Waals surface area contributed by atoms with Crippen LogP contribution in [-0.4, -0.2) is 47.6 Å². The Balaban J connectivity index is 1.69. The molecule has 4 N–H and O–H groups in total. The van der Waals surface area contributed by atoms with Crippen molar-refractivity contribution < 1.29 is 29.0 Å². The van der Waals surface area contributed by atoms with Crippen molar-refractivity contribution in [3.8, 4) is 0 Å². The summed E-state index contributed by atoms with van der Waals surface area (Å²) in [4.78, 5) is 50.0. The van der Waals surface area contributed by atoms with Crippen molar-refractivity contribution >= 4 is 23.9 Å². The zero-order valence-electron chi connectivity index (χ0n) is 21.2. The lowest BCUT2D eigenvalue weighted by molar-refractivity contribution is -0.143. The Labute approximate surface area is 212 Å². The number of alkyl carbamates (subject to hydrolysis) is 1. The van der Waals surface area contributed by atoms with Gasteiger partial charge in [0.1, 0.15) is 18.2 Å². The third-order valence-electron chi connectivity index (χ3n) is 7.17. The molecule has 1 aromatic rings. The quantitative estimate of drug-likeness (QED) is 0.366. The number of amides is 3. The molecule has 198 valence electrons. The number of rotatable bonds is 11. The van der Waals surface area contributed by atoms with Gasteiger partial charge in [-0.15, -0.1) is 0 Å². The van der Waals surface area contributed by atoms with Gasteiger partial charge in [0.2, 0.25) is 11.8 Å². The summed E-state index contributed by atoms with van der Waals surface area (Å²) in [5.74, 6) is -2.16. The lowest BCUT2D eigenvalue weighted by atomic mass is 9.84. The summed E-state index contributed by atoms with van der Waals surface area (Å²) in [7, 11) is 0. The molecule has 1 saturated carbocycles. The van der Waals surface area contributed by atoms with E-state index in [0.29, 0.717) is 19.4 Å². The van der Waals surface area contributed by atoms with Gasteiger partial charge in [0.05, 0.1) is 0 Å². The van der Waals surface area contributed by atoms with Gasteiger partial charge in [0, 0.05) is 12.5 Å². The minimum Gasteiger partial charge on any atom is -0.480 e. The molecule has 1 aliphatic carbocycles. The van der Waals surface area contributed by atoms with Crippen LogP contribution in [0.15, 0.2) is 30.3 Å². The molecule has 1 heterocycles. The number of hydrogen-bond donors (Lipinski definition) is 4. The predicted molar refractivity (Wildman–Crippen MR) is 134 cm³/mol. The summed E-state index contributed by atoms with van der Waals surface area (Å²) in [5, 5.41) is 17.7. The van der Waals surface area contributed by atoms with E-state index in [9.17, 15) is 24.3 Å². The van der Waals surface area contributed by atoms with E-state index in [2.05, 4.69) is 16.0 Å². The van der Waals surface area contributed by atoms with Gasteiger partial charge in [-0.3, -0.25) is 9.59 Å². The Morgan fingerprint density at radius 1 is 1.00 bits per heavy atom. The van der Waals surface area contributed by atoms with E-state index in [1.807, 2.05) is 44.2 Å². The average Bonchev–Trinajstić information content (AvgIpc) is 3.26. The maximum absolute atomic E-state index is 13.3. The Hall–Kier alpha value is -3.10. The second kappa shape index (κ2) is 13.3. The fourth-order valence-corrected chi connectivity index (χ4v) is 5.16. The molecule has 2 fully saturated rings. The third-order valence-corrected chi connectivity index (χ3v) is 7.17. The van der Waals surface area contributed by atoms with Crippen LogP contribution in [0.4, 0.5) is 4.79 Å². The summed E-state index contributed by atoms with van der Waals surface area (Å²) >= 11 is 0. The number of carbonyl (C=O) groups is 4. The lowest BCUT2D eigenvalue weighted by Gasteiger charge is -2.29. The van der Waals surface area contributed by atoms with E-state index in [-0.39, 0.29) is 24.2 Å². The van der Waals surface area contributed by atoms with E-state index in [1.54, 1.807) is 0 Å². The van der Waals surface area contributed by atoms with Crippen molar-refractivity contribution in [1.82, 2.24) is 16.0 Å². The highest BCUT2D eigenvalue weighted by atomic mass is 16.6. The van der Waals surface area contributed by atoms with Crippen molar-refractivity contribution in [2.45, 2.75) is 83.4 Å². The van der Waals surface area contributed by atoms with Crippen LogP contribution >= 0.6 is 0 Å². The van der Waals surface area contributed by atoms with Gasteiger partial charge in [0.15, 0.2) is 0 Å². The highest BCUT2D eigenvalue weighted by molar-refractivity contribution is 5.90. The zero-order valence-corrected chi connectivity index (χ0v) is 21.2. The second-order valence-corrected chi connectivity index (χ2v) is 10.3. The van der Waals surface area contributed by atoms with Gasteiger partial charge in [-0.25, -0.2) is 9.59 Å². The summed E-state index contributed by atoms with van der Waals surface area (Å²) in [5.41, 5.74) is 0.858. The monoisotopic (exact) mass is 501 g/mol. The highest BCUT2D eigenvalue weighted by Crippen LogP contribution is 2.29. The van der Waals surface area contributed by atoms with Crippen LogP contribution in [0.5, 0.6) is 0 Å². The maximum atomic E-state index is 13.3. The summed E-state index contributed by atoms with van der Waals surface area (Å²) in [6, 6.07) is 7.28. The van der Waals surface area contributed by atoms with Gasteiger partial charge in [-0.05, 0) is 36.7 Å². The van der Waals surface area contributed by atoms with Gasteiger partial charge in [0.25, 0.3) is 0 Å². The van der Waals surface area contributed by atoms with Crippen molar-refractivity contribution in [3.05, 3.63) is 35.9 Å². The molecular weight excluding hydrogens is 462 g/mol. The van der Waals surface area contributed by atoms with Crippen molar-refractivity contribution in [1.29, 1.82) is 0 Å². The molecular formula is C27H39N3O6. The lowest BCUT2D eigenvalue weighted by Crippen LogP contribution is -2.53. The van der Waals surface area contributed by atoms with Crippen molar-refractivity contribution in [3.63, 3.8) is 0 Å². The van der Waals surface area contributed by atoms with Crippen LogP contribution in [-0.2, 0) is 19.1 Å². The molecule has 2 aliphatic rings. The molecule has 1 aromatic carbocycles. The second-order valence-electron chi connectivity index (χ2n) is 10.3. The molecule has 1 unspecified atom stereocenters. The first kappa shape index (κ1) is 27.5. The number of benzene rings is 1. The molecule has 36 heavy (non-hydrogen) atoms. The molecule has 9 nitrogen and oxygen atoms in total. The third kappa shape index (κ3) is 7.96. The van der Waals surface area contributed by atoms with Crippen LogP contribution in [0.25, 0.3) is 0 Å². The van der Waals surface area contributed by atoms with E-state index in [1.165, 1.54) is 0 Å². The summed E-state index contributed by atoms with van der Waals surface area (Å²) in [6.07, 6.45) is 4.97. The smallest absolute Gasteiger partial charge is 0.408 e. The topological polar surface area (TPSA) is 134 Å².